The van der Waals surface area contributed by atoms with Gasteiger partial charge in [-0.2, -0.15) is 0 Å². The fraction of sp³-hybridized carbons (Fsp3) is 1.00. The molecule has 2 heterocycles. The lowest BCUT2D eigenvalue weighted by Crippen LogP contribution is -2.52. The maximum absolute atomic E-state index is 5.89. The number of piperidine rings is 1. The first-order valence-corrected chi connectivity index (χ1v) is 7.96. The number of rotatable bonds is 5. The van der Waals surface area contributed by atoms with Gasteiger partial charge in [-0.05, 0) is 39.8 Å². The quantitative estimate of drug-likeness (QED) is 0.811. The van der Waals surface area contributed by atoms with Crippen LogP contribution in [-0.4, -0.2) is 74.4 Å². The lowest BCUT2D eigenvalue weighted by molar-refractivity contribution is -0.0453. The largest absolute Gasteiger partial charge is 0.374 e. The molecule has 112 valence electrons. The lowest BCUT2D eigenvalue weighted by Gasteiger charge is -2.41. The third-order valence-electron chi connectivity index (χ3n) is 4.48. The second kappa shape index (κ2) is 7.58. The Balaban J connectivity index is 1.73. The van der Waals surface area contributed by atoms with Crippen LogP contribution in [0.3, 0.4) is 0 Å². The van der Waals surface area contributed by atoms with Gasteiger partial charge in [-0.25, -0.2) is 0 Å². The van der Waals surface area contributed by atoms with Crippen LogP contribution in [0.2, 0.25) is 0 Å². The number of ether oxygens (including phenoxy) is 1. The van der Waals surface area contributed by atoms with Crippen LogP contribution in [0.1, 0.15) is 33.1 Å². The molecule has 2 aliphatic heterocycles. The van der Waals surface area contributed by atoms with Gasteiger partial charge in [0.1, 0.15) is 0 Å². The molecule has 0 amide bonds. The van der Waals surface area contributed by atoms with Crippen LogP contribution in [0.5, 0.6) is 0 Å². The van der Waals surface area contributed by atoms with Crippen LogP contribution in [0, 0.1) is 0 Å². The van der Waals surface area contributed by atoms with E-state index < -0.39 is 0 Å². The Morgan fingerprint density at radius 2 is 2.16 bits per heavy atom. The highest BCUT2D eigenvalue weighted by Gasteiger charge is 2.28. The Kier molecular flexibility index (Phi) is 6.07. The van der Waals surface area contributed by atoms with Crippen LogP contribution < -0.4 is 5.32 Å². The smallest absolute Gasteiger partial charge is 0.0829 e. The second-order valence-corrected chi connectivity index (χ2v) is 6.27. The molecule has 19 heavy (non-hydrogen) atoms. The molecule has 0 aliphatic carbocycles. The summed E-state index contributed by atoms with van der Waals surface area (Å²) in [6, 6.07) is 1.40. The zero-order valence-electron chi connectivity index (χ0n) is 12.9. The molecule has 4 heteroatoms. The third kappa shape index (κ3) is 4.71. The number of morpholine rings is 1. The highest BCUT2D eigenvalue weighted by atomic mass is 16.5. The average molecular weight is 269 g/mol. The van der Waals surface area contributed by atoms with Crippen molar-refractivity contribution in [3.63, 3.8) is 0 Å². The third-order valence-corrected chi connectivity index (χ3v) is 4.48. The molecule has 0 aromatic carbocycles. The minimum absolute atomic E-state index is 0.404. The van der Waals surface area contributed by atoms with Gasteiger partial charge in [-0.3, -0.25) is 4.90 Å². The van der Waals surface area contributed by atoms with E-state index in [0.717, 1.165) is 38.8 Å². The Bertz CT molecular complexity index is 262. The molecule has 0 bridgehead atoms. The molecule has 1 N–H and O–H groups in total. The van der Waals surface area contributed by atoms with Crippen molar-refractivity contribution in [1.82, 2.24) is 15.1 Å². The van der Waals surface area contributed by atoms with Gasteiger partial charge in [0.15, 0.2) is 0 Å². The summed E-state index contributed by atoms with van der Waals surface area (Å²) in [5, 5.41) is 3.67. The molecular weight excluding hydrogens is 238 g/mol. The van der Waals surface area contributed by atoms with Crippen LogP contribution in [0.25, 0.3) is 0 Å². The zero-order valence-corrected chi connectivity index (χ0v) is 12.9. The maximum Gasteiger partial charge on any atom is 0.0829 e. The number of likely N-dealkylation sites (N-methyl/N-ethyl adjacent to an activating group) is 1. The van der Waals surface area contributed by atoms with Crippen molar-refractivity contribution in [2.45, 2.75) is 51.3 Å². The van der Waals surface area contributed by atoms with Crippen LogP contribution in [0.15, 0.2) is 0 Å². The molecule has 0 spiro atoms. The molecular formula is C15H31N3O. The minimum atomic E-state index is 0.404. The van der Waals surface area contributed by atoms with Gasteiger partial charge in [-0.1, -0.05) is 6.92 Å². The Labute approximate surface area is 118 Å². The topological polar surface area (TPSA) is 27.7 Å². The molecule has 3 unspecified atom stereocenters. The molecule has 2 aliphatic rings. The van der Waals surface area contributed by atoms with Gasteiger partial charge in [0, 0.05) is 38.3 Å². The second-order valence-electron chi connectivity index (χ2n) is 6.27. The van der Waals surface area contributed by atoms with E-state index in [2.05, 4.69) is 36.0 Å². The van der Waals surface area contributed by atoms with Crippen molar-refractivity contribution in [3.05, 3.63) is 0 Å². The normalized spacial score (nSPS) is 34.6. The summed E-state index contributed by atoms with van der Waals surface area (Å²) >= 11 is 0. The molecule has 0 saturated carbocycles. The predicted octanol–water partition coefficient (Wildman–Crippen LogP) is 1.17. The van der Waals surface area contributed by atoms with Gasteiger partial charge in [0.2, 0.25) is 0 Å². The standard InChI is InChI=1S/C15H31N3O/c1-4-6-16-14-5-7-18(13(2)10-14)12-15-11-17(3)8-9-19-15/h13-16H,4-12H2,1-3H3. The SMILES string of the molecule is CCCNC1CCN(CC2CN(C)CCO2)C(C)C1. The van der Waals surface area contributed by atoms with E-state index in [9.17, 15) is 0 Å². The summed E-state index contributed by atoms with van der Waals surface area (Å²) in [5.74, 6) is 0. The number of hydrogen-bond acceptors (Lipinski definition) is 4. The average Bonchev–Trinajstić information content (AvgIpc) is 2.39. The van der Waals surface area contributed by atoms with Crippen LogP contribution >= 0.6 is 0 Å². The van der Waals surface area contributed by atoms with Crippen LogP contribution in [0.4, 0.5) is 0 Å². The Morgan fingerprint density at radius 1 is 1.32 bits per heavy atom. The molecule has 0 aromatic heterocycles. The molecule has 2 saturated heterocycles. The molecule has 3 atom stereocenters. The molecule has 0 aromatic rings. The monoisotopic (exact) mass is 269 g/mol. The summed E-state index contributed by atoms with van der Waals surface area (Å²) in [5.41, 5.74) is 0. The molecule has 2 fully saturated rings. The van der Waals surface area contributed by atoms with E-state index >= 15 is 0 Å². The van der Waals surface area contributed by atoms with E-state index in [-0.39, 0.29) is 0 Å². The van der Waals surface area contributed by atoms with E-state index in [1.165, 1.54) is 25.8 Å². The van der Waals surface area contributed by atoms with Crippen molar-refractivity contribution < 1.29 is 4.74 Å². The number of nitrogens with one attached hydrogen (secondary N) is 1. The first kappa shape index (κ1) is 15.2. The summed E-state index contributed by atoms with van der Waals surface area (Å²) in [7, 11) is 2.19. The highest BCUT2D eigenvalue weighted by molar-refractivity contribution is 4.85. The fourth-order valence-electron chi connectivity index (χ4n) is 3.26. The van der Waals surface area contributed by atoms with E-state index in [0.29, 0.717) is 12.1 Å². The maximum atomic E-state index is 5.89. The van der Waals surface area contributed by atoms with E-state index in [4.69, 9.17) is 4.74 Å². The first-order chi connectivity index (χ1) is 9.19. The first-order valence-electron chi connectivity index (χ1n) is 7.96. The molecule has 0 radical (unpaired) electrons. The lowest BCUT2D eigenvalue weighted by atomic mass is 9.97. The van der Waals surface area contributed by atoms with E-state index in [1.807, 2.05) is 0 Å². The summed E-state index contributed by atoms with van der Waals surface area (Å²) in [6.45, 7) is 11.1. The number of hydrogen-bond donors (Lipinski definition) is 1. The molecule has 4 nitrogen and oxygen atoms in total. The molecule has 2 rings (SSSR count). The summed E-state index contributed by atoms with van der Waals surface area (Å²) < 4.78 is 5.89. The van der Waals surface area contributed by atoms with E-state index in [1.54, 1.807) is 0 Å². The van der Waals surface area contributed by atoms with Gasteiger partial charge in [0.25, 0.3) is 0 Å². The highest BCUT2D eigenvalue weighted by Crippen LogP contribution is 2.19. The van der Waals surface area contributed by atoms with Gasteiger partial charge < -0.3 is 15.0 Å². The van der Waals surface area contributed by atoms with Crippen molar-refractivity contribution in [3.8, 4) is 0 Å². The van der Waals surface area contributed by atoms with Gasteiger partial charge in [0.05, 0.1) is 12.7 Å². The van der Waals surface area contributed by atoms with Crippen molar-refractivity contribution in [1.29, 1.82) is 0 Å². The Hall–Kier alpha value is -0.160. The zero-order chi connectivity index (χ0) is 13.7. The van der Waals surface area contributed by atoms with Crippen molar-refractivity contribution in [2.75, 3.05) is 46.4 Å². The van der Waals surface area contributed by atoms with Crippen molar-refractivity contribution >= 4 is 0 Å². The number of nitrogens with zero attached hydrogens (tertiary/aromatic N) is 2. The summed E-state index contributed by atoms with van der Waals surface area (Å²) in [6.07, 6.45) is 4.20. The van der Waals surface area contributed by atoms with Crippen molar-refractivity contribution in [2.24, 2.45) is 0 Å². The minimum Gasteiger partial charge on any atom is -0.374 e. The van der Waals surface area contributed by atoms with Gasteiger partial charge in [-0.15, -0.1) is 0 Å². The predicted molar refractivity (Wildman–Crippen MR) is 79.6 cm³/mol. The number of likely N-dealkylation sites (tertiary alicyclic amines) is 1. The Morgan fingerprint density at radius 3 is 2.84 bits per heavy atom. The fourth-order valence-corrected chi connectivity index (χ4v) is 3.26. The van der Waals surface area contributed by atoms with Crippen LogP contribution in [-0.2, 0) is 4.74 Å². The summed E-state index contributed by atoms with van der Waals surface area (Å²) in [4.78, 5) is 5.00. The van der Waals surface area contributed by atoms with Gasteiger partial charge >= 0.3 is 0 Å².